The van der Waals surface area contributed by atoms with Crippen molar-refractivity contribution in [1.29, 1.82) is 0 Å². The van der Waals surface area contributed by atoms with E-state index in [2.05, 4.69) is 10.6 Å². The van der Waals surface area contributed by atoms with Crippen LogP contribution in [-0.2, 0) is 16.1 Å². The number of carbonyl (C=O) groups is 2. The average molecular weight is 326 g/mol. The van der Waals surface area contributed by atoms with Crippen LogP contribution in [0.3, 0.4) is 0 Å². The monoisotopic (exact) mass is 326 g/mol. The second kappa shape index (κ2) is 8.15. The zero-order valence-corrected chi connectivity index (χ0v) is 14.2. The second-order valence-electron chi connectivity index (χ2n) is 5.74. The summed E-state index contributed by atoms with van der Waals surface area (Å²) in [6.07, 6.45) is -0.619. The summed E-state index contributed by atoms with van der Waals surface area (Å²) < 4.78 is 5.06. The first-order chi connectivity index (χ1) is 11.5. The van der Waals surface area contributed by atoms with Crippen LogP contribution in [0.25, 0.3) is 0 Å². The Morgan fingerprint density at radius 3 is 2.25 bits per heavy atom. The molecule has 0 aliphatic heterocycles. The van der Waals surface area contributed by atoms with E-state index in [4.69, 9.17) is 4.74 Å². The molecule has 2 aromatic carbocycles. The maximum atomic E-state index is 12.0. The molecule has 2 amide bonds. The van der Waals surface area contributed by atoms with Crippen molar-refractivity contribution < 1.29 is 14.3 Å². The maximum absolute atomic E-state index is 12.0. The van der Waals surface area contributed by atoms with Gasteiger partial charge < -0.3 is 15.4 Å². The number of aryl methyl sites for hydroxylation is 3. The van der Waals surface area contributed by atoms with Gasteiger partial charge in [-0.05, 0) is 37.5 Å². The predicted octanol–water partition coefficient (Wildman–Crippen LogP) is 3.48. The Balaban J connectivity index is 1.80. The van der Waals surface area contributed by atoms with E-state index in [9.17, 15) is 9.59 Å². The molecule has 2 aromatic rings. The minimum atomic E-state index is -0.619. The number of benzene rings is 2. The van der Waals surface area contributed by atoms with Crippen molar-refractivity contribution in [3.63, 3.8) is 0 Å². The molecule has 24 heavy (non-hydrogen) atoms. The van der Waals surface area contributed by atoms with Crippen molar-refractivity contribution >= 4 is 17.7 Å². The minimum Gasteiger partial charge on any atom is -0.445 e. The molecular weight excluding hydrogens is 304 g/mol. The molecule has 0 spiro atoms. The van der Waals surface area contributed by atoms with Crippen LogP contribution in [0.4, 0.5) is 10.5 Å². The fraction of sp³-hybridized carbons (Fsp3) is 0.263. The molecule has 126 valence electrons. The Hall–Kier alpha value is -2.82. The zero-order chi connectivity index (χ0) is 17.5. The van der Waals surface area contributed by atoms with Crippen LogP contribution in [0.1, 0.15) is 22.3 Å². The van der Waals surface area contributed by atoms with Gasteiger partial charge in [-0.25, -0.2) is 4.79 Å². The van der Waals surface area contributed by atoms with E-state index in [0.717, 1.165) is 27.9 Å². The van der Waals surface area contributed by atoms with Crippen LogP contribution in [-0.4, -0.2) is 18.5 Å². The maximum Gasteiger partial charge on any atom is 0.407 e. The number of ether oxygens (including phenoxy) is 1. The van der Waals surface area contributed by atoms with Gasteiger partial charge >= 0.3 is 6.09 Å². The van der Waals surface area contributed by atoms with Gasteiger partial charge in [-0.1, -0.05) is 48.0 Å². The van der Waals surface area contributed by atoms with Crippen LogP contribution in [0.5, 0.6) is 0 Å². The molecule has 2 rings (SSSR count). The lowest BCUT2D eigenvalue weighted by Gasteiger charge is -2.13. The number of nitrogens with one attached hydrogen (secondary N) is 2. The first-order valence-electron chi connectivity index (χ1n) is 7.78. The number of rotatable bonds is 5. The van der Waals surface area contributed by atoms with E-state index in [-0.39, 0.29) is 19.1 Å². The lowest BCUT2D eigenvalue weighted by molar-refractivity contribution is -0.115. The van der Waals surface area contributed by atoms with Crippen LogP contribution >= 0.6 is 0 Å². The van der Waals surface area contributed by atoms with Gasteiger partial charge in [-0.15, -0.1) is 0 Å². The molecule has 0 heterocycles. The first-order valence-corrected chi connectivity index (χ1v) is 7.78. The van der Waals surface area contributed by atoms with Crippen molar-refractivity contribution in [2.75, 3.05) is 11.9 Å². The summed E-state index contributed by atoms with van der Waals surface area (Å²) in [6.45, 7) is 5.93. The van der Waals surface area contributed by atoms with Gasteiger partial charge in [0.25, 0.3) is 0 Å². The van der Waals surface area contributed by atoms with Gasteiger partial charge in [0.05, 0.1) is 0 Å². The predicted molar refractivity (Wildman–Crippen MR) is 93.9 cm³/mol. The van der Waals surface area contributed by atoms with E-state index in [1.54, 1.807) is 0 Å². The number of hydrogen-bond acceptors (Lipinski definition) is 3. The van der Waals surface area contributed by atoms with Crippen molar-refractivity contribution in [3.05, 3.63) is 64.7 Å². The van der Waals surface area contributed by atoms with E-state index >= 15 is 0 Å². The quantitative estimate of drug-likeness (QED) is 0.884. The topological polar surface area (TPSA) is 67.4 Å². The molecule has 0 unspecified atom stereocenters. The van der Waals surface area contributed by atoms with Crippen molar-refractivity contribution in [3.8, 4) is 0 Å². The molecule has 5 nitrogen and oxygen atoms in total. The van der Waals surface area contributed by atoms with Crippen molar-refractivity contribution in [1.82, 2.24) is 5.32 Å². The molecule has 0 aliphatic rings. The summed E-state index contributed by atoms with van der Waals surface area (Å²) in [5.41, 5.74) is 4.80. The summed E-state index contributed by atoms with van der Waals surface area (Å²) in [5.74, 6) is -0.290. The van der Waals surface area contributed by atoms with Gasteiger partial charge in [-0.2, -0.15) is 0 Å². The summed E-state index contributed by atoms with van der Waals surface area (Å²) in [6, 6.07) is 13.4. The van der Waals surface area contributed by atoms with E-state index in [1.165, 1.54) is 0 Å². The Kier molecular flexibility index (Phi) is 5.95. The molecule has 0 saturated carbocycles. The number of amides is 2. The summed E-state index contributed by atoms with van der Waals surface area (Å²) >= 11 is 0. The number of alkyl carbamates (subject to hydrolysis) is 1. The molecular formula is C19H22N2O3. The smallest absolute Gasteiger partial charge is 0.407 e. The highest BCUT2D eigenvalue weighted by molar-refractivity contribution is 5.95. The van der Waals surface area contributed by atoms with Crippen molar-refractivity contribution in [2.24, 2.45) is 0 Å². The van der Waals surface area contributed by atoms with Crippen molar-refractivity contribution in [2.45, 2.75) is 27.4 Å². The van der Waals surface area contributed by atoms with E-state index in [0.29, 0.717) is 0 Å². The molecule has 2 N–H and O–H groups in total. The number of hydrogen-bond donors (Lipinski definition) is 2. The molecule has 0 fully saturated rings. The Labute approximate surface area is 142 Å². The van der Waals surface area contributed by atoms with Crippen LogP contribution in [0.2, 0.25) is 0 Å². The SMILES string of the molecule is Cc1cc(C)c(NC(=O)CNC(=O)OCc2ccccc2)c(C)c1. The minimum absolute atomic E-state index is 0.139. The lowest BCUT2D eigenvalue weighted by Crippen LogP contribution is -2.33. The standard InChI is InChI=1S/C19H22N2O3/c1-13-9-14(2)18(15(3)10-13)21-17(22)11-20-19(23)24-12-16-7-5-4-6-8-16/h4-10H,11-12H2,1-3H3,(H,20,23)(H,21,22). The van der Waals surface area contributed by atoms with E-state index < -0.39 is 6.09 Å². The average Bonchev–Trinajstić information content (AvgIpc) is 2.55. The molecule has 0 aliphatic carbocycles. The Bertz CT molecular complexity index is 704. The molecule has 0 aromatic heterocycles. The van der Waals surface area contributed by atoms with Crippen LogP contribution in [0.15, 0.2) is 42.5 Å². The highest BCUT2D eigenvalue weighted by atomic mass is 16.5. The fourth-order valence-electron chi connectivity index (χ4n) is 2.49. The molecule has 5 heteroatoms. The molecule has 0 radical (unpaired) electrons. The zero-order valence-electron chi connectivity index (χ0n) is 14.2. The van der Waals surface area contributed by atoms with Gasteiger partial charge in [0.2, 0.25) is 5.91 Å². The summed E-state index contributed by atoms with van der Waals surface area (Å²) in [7, 11) is 0. The Morgan fingerprint density at radius 1 is 1.00 bits per heavy atom. The third-order valence-corrected chi connectivity index (χ3v) is 3.55. The van der Waals surface area contributed by atoms with Gasteiger partial charge in [-0.3, -0.25) is 4.79 Å². The largest absolute Gasteiger partial charge is 0.445 e. The van der Waals surface area contributed by atoms with Gasteiger partial charge in [0, 0.05) is 5.69 Å². The third kappa shape index (κ3) is 5.12. The Morgan fingerprint density at radius 2 is 1.62 bits per heavy atom. The first kappa shape index (κ1) is 17.5. The number of anilines is 1. The second-order valence-corrected chi connectivity index (χ2v) is 5.74. The highest BCUT2D eigenvalue weighted by Gasteiger charge is 2.10. The highest BCUT2D eigenvalue weighted by Crippen LogP contribution is 2.21. The van der Waals surface area contributed by atoms with Crippen LogP contribution < -0.4 is 10.6 Å². The fourth-order valence-corrected chi connectivity index (χ4v) is 2.49. The van der Waals surface area contributed by atoms with Gasteiger partial charge in [0.1, 0.15) is 13.2 Å². The number of carbonyl (C=O) groups excluding carboxylic acids is 2. The summed E-state index contributed by atoms with van der Waals surface area (Å²) in [4.78, 5) is 23.6. The lowest BCUT2D eigenvalue weighted by atomic mass is 10.1. The molecule has 0 bridgehead atoms. The van der Waals surface area contributed by atoms with Gasteiger partial charge in [0.15, 0.2) is 0 Å². The molecule has 0 atom stereocenters. The molecule has 0 saturated heterocycles. The third-order valence-electron chi connectivity index (χ3n) is 3.55. The summed E-state index contributed by atoms with van der Waals surface area (Å²) in [5, 5.41) is 5.28. The normalized spacial score (nSPS) is 10.1. The van der Waals surface area contributed by atoms with E-state index in [1.807, 2.05) is 63.2 Å². The van der Waals surface area contributed by atoms with Crippen LogP contribution in [0, 0.1) is 20.8 Å².